The molecule has 2 rings (SSSR count). The van der Waals surface area contributed by atoms with Gasteiger partial charge in [-0.05, 0) is 38.0 Å². The molecule has 0 bridgehead atoms. The summed E-state index contributed by atoms with van der Waals surface area (Å²) < 4.78 is 5.73. The summed E-state index contributed by atoms with van der Waals surface area (Å²) in [6.45, 7) is 2.87. The van der Waals surface area contributed by atoms with Crippen LogP contribution in [0.2, 0.25) is 0 Å². The van der Waals surface area contributed by atoms with Crippen molar-refractivity contribution < 1.29 is 9.53 Å². The standard InChI is InChI=1S/C21H38O2/c1-2-3-15-21(16-9-5-10-17-21)20(22)23-18-11-8-14-19-12-6-4-7-13-19/h19H,2-18H2,1H3. The zero-order valence-electron chi connectivity index (χ0n) is 15.4. The molecule has 0 N–H and O–H groups in total. The molecule has 134 valence electrons. The van der Waals surface area contributed by atoms with E-state index in [0.717, 1.165) is 38.0 Å². The van der Waals surface area contributed by atoms with E-state index in [9.17, 15) is 4.79 Å². The SMILES string of the molecule is CCCCC1(C(=O)OCCCCC2CCCCC2)CCCCC1. The van der Waals surface area contributed by atoms with Crippen LogP contribution in [0.15, 0.2) is 0 Å². The molecule has 0 atom stereocenters. The third-order valence-corrected chi connectivity index (χ3v) is 6.22. The Bertz CT molecular complexity index is 325. The van der Waals surface area contributed by atoms with E-state index < -0.39 is 0 Å². The Balaban J connectivity index is 1.65. The zero-order valence-corrected chi connectivity index (χ0v) is 15.4. The molecule has 2 nitrogen and oxygen atoms in total. The molecule has 0 saturated heterocycles. The Kier molecular flexibility index (Phi) is 8.47. The van der Waals surface area contributed by atoms with Gasteiger partial charge in [-0.1, -0.05) is 77.6 Å². The fourth-order valence-electron chi connectivity index (χ4n) is 4.63. The number of hydrogen-bond acceptors (Lipinski definition) is 2. The fourth-order valence-corrected chi connectivity index (χ4v) is 4.63. The summed E-state index contributed by atoms with van der Waals surface area (Å²) in [5.74, 6) is 1.08. The zero-order chi connectivity index (χ0) is 16.4. The summed E-state index contributed by atoms with van der Waals surface area (Å²) in [7, 11) is 0. The minimum absolute atomic E-state index is 0.127. The molecule has 0 spiro atoms. The maximum Gasteiger partial charge on any atom is 0.312 e. The van der Waals surface area contributed by atoms with Crippen molar-refractivity contribution in [1.82, 2.24) is 0 Å². The van der Waals surface area contributed by atoms with E-state index in [-0.39, 0.29) is 11.4 Å². The van der Waals surface area contributed by atoms with Gasteiger partial charge < -0.3 is 4.74 Å². The van der Waals surface area contributed by atoms with Crippen molar-refractivity contribution in [1.29, 1.82) is 0 Å². The highest BCUT2D eigenvalue weighted by Crippen LogP contribution is 2.41. The van der Waals surface area contributed by atoms with Gasteiger partial charge in [0.05, 0.1) is 12.0 Å². The molecule has 23 heavy (non-hydrogen) atoms. The van der Waals surface area contributed by atoms with Crippen LogP contribution >= 0.6 is 0 Å². The minimum atomic E-state index is -0.127. The van der Waals surface area contributed by atoms with Crippen LogP contribution in [0.4, 0.5) is 0 Å². The Labute approximate surface area is 143 Å². The maximum atomic E-state index is 12.7. The second-order valence-electron chi connectivity index (χ2n) is 8.08. The highest BCUT2D eigenvalue weighted by molar-refractivity contribution is 5.76. The third kappa shape index (κ3) is 6.12. The molecule has 0 heterocycles. The Morgan fingerprint density at radius 3 is 2.35 bits per heavy atom. The van der Waals surface area contributed by atoms with Crippen molar-refractivity contribution in [2.75, 3.05) is 6.61 Å². The Hall–Kier alpha value is -0.530. The first-order valence-electron chi connectivity index (χ1n) is 10.4. The molecular weight excluding hydrogens is 284 g/mol. The van der Waals surface area contributed by atoms with Crippen molar-refractivity contribution in [2.24, 2.45) is 11.3 Å². The van der Waals surface area contributed by atoms with Gasteiger partial charge in [-0.25, -0.2) is 0 Å². The summed E-state index contributed by atoms with van der Waals surface area (Å²) in [4.78, 5) is 12.7. The van der Waals surface area contributed by atoms with E-state index >= 15 is 0 Å². The van der Waals surface area contributed by atoms with Gasteiger partial charge in [0.25, 0.3) is 0 Å². The van der Waals surface area contributed by atoms with Gasteiger partial charge in [-0.2, -0.15) is 0 Å². The molecule has 0 aromatic rings. The highest BCUT2D eigenvalue weighted by atomic mass is 16.5. The van der Waals surface area contributed by atoms with Crippen LogP contribution < -0.4 is 0 Å². The number of ether oxygens (including phenoxy) is 1. The van der Waals surface area contributed by atoms with E-state index in [2.05, 4.69) is 6.92 Å². The molecule has 2 heteroatoms. The molecule has 2 aliphatic rings. The minimum Gasteiger partial charge on any atom is -0.465 e. The van der Waals surface area contributed by atoms with Crippen LogP contribution in [0.3, 0.4) is 0 Å². The predicted octanol–water partition coefficient (Wildman–Crippen LogP) is 6.42. The van der Waals surface area contributed by atoms with Gasteiger partial charge >= 0.3 is 5.97 Å². The first-order valence-corrected chi connectivity index (χ1v) is 10.4. The lowest BCUT2D eigenvalue weighted by Crippen LogP contribution is -2.35. The number of unbranched alkanes of at least 4 members (excludes halogenated alkanes) is 2. The number of carbonyl (C=O) groups excluding carboxylic acids is 1. The van der Waals surface area contributed by atoms with Crippen molar-refractivity contribution >= 4 is 5.97 Å². The monoisotopic (exact) mass is 322 g/mol. The Morgan fingerprint density at radius 2 is 1.65 bits per heavy atom. The van der Waals surface area contributed by atoms with Gasteiger partial charge in [0.15, 0.2) is 0 Å². The quantitative estimate of drug-likeness (QED) is 0.361. The number of hydrogen-bond donors (Lipinski definition) is 0. The smallest absolute Gasteiger partial charge is 0.312 e. The van der Waals surface area contributed by atoms with Gasteiger partial charge in [0.1, 0.15) is 0 Å². The largest absolute Gasteiger partial charge is 0.465 e. The van der Waals surface area contributed by atoms with Gasteiger partial charge in [-0.15, -0.1) is 0 Å². The molecule has 0 aromatic carbocycles. The van der Waals surface area contributed by atoms with E-state index in [1.54, 1.807) is 0 Å². The van der Waals surface area contributed by atoms with Crippen LogP contribution in [0, 0.1) is 11.3 Å². The van der Waals surface area contributed by atoms with Crippen LogP contribution in [0.1, 0.15) is 110 Å². The third-order valence-electron chi connectivity index (χ3n) is 6.22. The number of carbonyl (C=O) groups is 1. The molecule has 2 saturated carbocycles. The lowest BCUT2D eigenvalue weighted by atomic mass is 9.71. The van der Waals surface area contributed by atoms with Gasteiger partial charge in [0, 0.05) is 0 Å². The molecule has 0 aliphatic heterocycles. The summed E-state index contributed by atoms with van der Waals surface area (Å²) in [5.41, 5.74) is -0.127. The van der Waals surface area contributed by atoms with Crippen LogP contribution in [-0.4, -0.2) is 12.6 Å². The number of esters is 1. The van der Waals surface area contributed by atoms with Gasteiger partial charge in [-0.3, -0.25) is 4.79 Å². The topological polar surface area (TPSA) is 26.3 Å². The molecular formula is C21H38O2. The predicted molar refractivity (Wildman–Crippen MR) is 96.4 cm³/mol. The van der Waals surface area contributed by atoms with Gasteiger partial charge in [0.2, 0.25) is 0 Å². The second kappa shape index (κ2) is 10.4. The van der Waals surface area contributed by atoms with E-state index in [4.69, 9.17) is 4.74 Å². The first kappa shape index (κ1) is 18.8. The van der Waals surface area contributed by atoms with Crippen LogP contribution in [0.5, 0.6) is 0 Å². The summed E-state index contributed by atoms with van der Waals surface area (Å²) in [5, 5.41) is 0. The van der Waals surface area contributed by atoms with E-state index in [1.807, 2.05) is 0 Å². The summed E-state index contributed by atoms with van der Waals surface area (Å²) in [6, 6.07) is 0. The van der Waals surface area contributed by atoms with Crippen molar-refractivity contribution in [3.63, 3.8) is 0 Å². The first-order chi connectivity index (χ1) is 11.3. The average molecular weight is 323 g/mol. The number of rotatable bonds is 9. The molecule has 2 aliphatic carbocycles. The lowest BCUT2D eigenvalue weighted by molar-refractivity contribution is -0.159. The average Bonchev–Trinajstić information content (AvgIpc) is 2.61. The molecule has 0 aromatic heterocycles. The second-order valence-corrected chi connectivity index (χ2v) is 8.08. The fraction of sp³-hybridized carbons (Fsp3) is 0.952. The van der Waals surface area contributed by atoms with Crippen LogP contribution in [0.25, 0.3) is 0 Å². The molecule has 0 unspecified atom stereocenters. The normalized spacial score (nSPS) is 22.0. The van der Waals surface area contributed by atoms with Crippen molar-refractivity contribution in [3.05, 3.63) is 0 Å². The summed E-state index contributed by atoms with van der Waals surface area (Å²) in [6.07, 6.45) is 20.0. The van der Waals surface area contributed by atoms with E-state index in [1.165, 1.54) is 70.6 Å². The lowest BCUT2D eigenvalue weighted by Gasteiger charge is -2.35. The summed E-state index contributed by atoms with van der Waals surface area (Å²) >= 11 is 0. The highest BCUT2D eigenvalue weighted by Gasteiger charge is 2.40. The Morgan fingerprint density at radius 1 is 0.957 bits per heavy atom. The van der Waals surface area contributed by atoms with Crippen LogP contribution in [-0.2, 0) is 9.53 Å². The molecule has 0 radical (unpaired) electrons. The van der Waals surface area contributed by atoms with E-state index in [0.29, 0.717) is 6.61 Å². The maximum absolute atomic E-state index is 12.7. The molecule has 2 fully saturated rings. The van der Waals surface area contributed by atoms with Crippen molar-refractivity contribution in [3.8, 4) is 0 Å². The molecule has 0 amide bonds. The van der Waals surface area contributed by atoms with Crippen molar-refractivity contribution in [2.45, 2.75) is 110 Å².